The molecule has 0 N–H and O–H groups in total. The maximum absolute atomic E-state index is 11.1. The van der Waals surface area contributed by atoms with Crippen LogP contribution < -0.4 is 4.48 Å². The van der Waals surface area contributed by atoms with Gasteiger partial charge in [0.15, 0.2) is 12.0 Å². The van der Waals surface area contributed by atoms with E-state index in [1.54, 1.807) is 0 Å². The van der Waals surface area contributed by atoms with Crippen LogP contribution in [0.2, 0.25) is 0 Å². The zero-order valence-electron chi connectivity index (χ0n) is 9.90. The first-order chi connectivity index (χ1) is 7.54. The predicted octanol–water partition coefficient (Wildman–Crippen LogP) is 2.85. The van der Waals surface area contributed by atoms with Gasteiger partial charge in [-0.2, -0.15) is 0 Å². The summed E-state index contributed by atoms with van der Waals surface area (Å²) in [6.07, 6.45) is 0.936. The molecule has 0 aliphatic rings. The number of quaternary nitrogens is 1. The average Bonchev–Trinajstić information content (AvgIpc) is 2.26. The number of hydrogen-bond donors (Lipinski definition) is 0. The van der Waals surface area contributed by atoms with Crippen molar-refractivity contribution < 1.29 is 4.79 Å². The van der Waals surface area contributed by atoms with Gasteiger partial charge in [0, 0.05) is 5.39 Å². The molecule has 0 bridgehead atoms. The number of hydrogen-bond acceptors (Lipinski definition) is 1. The van der Waals surface area contributed by atoms with Gasteiger partial charge in [-0.05, 0) is 17.5 Å². The Morgan fingerprint density at radius 3 is 2.31 bits per heavy atom. The molecule has 2 nitrogen and oxygen atoms in total. The standard InChI is InChI=1S/C14H16NO/c1-15(2,3)14-12(10-16)9-8-11-6-4-5-7-13(11)14/h4-10H,1-3H3/q+1. The first-order valence-corrected chi connectivity index (χ1v) is 5.33. The topological polar surface area (TPSA) is 17.1 Å². The quantitative estimate of drug-likeness (QED) is 0.555. The summed E-state index contributed by atoms with van der Waals surface area (Å²) in [5, 5.41) is 2.33. The van der Waals surface area contributed by atoms with Crippen LogP contribution in [0.25, 0.3) is 10.8 Å². The van der Waals surface area contributed by atoms with Gasteiger partial charge in [-0.25, -0.2) is 0 Å². The fraction of sp³-hybridized carbons (Fsp3) is 0.214. The molecule has 0 saturated heterocycles. The number of carbonyl (C=O) groups is 1. The molecule has 0 unspecified atom stereocenters. The van der Waals surface area contributed by atoms with Crippen molar-refractivity contribution in [2.45, 2.75) is 0 Å². The van der Waals surface area contributed by atoms with Crippen molar-refractivity contribution in [3.63, 3.8) is 0 Å². The van der Waals surface area contributed by atoms with E-state index in [2.05, 4.69) is 33.3 Å². The third-order valence-corrected chi connectivity index (χ3v) is 2.73. The van der Waals surface area contributed by atoms with Crippen LogP contribution in [-0.2, 0) is 0 Å². The second-order valence-electron chi connectivity index (χ2n) is 4.85. The Labute approximate surface area is 95.7 Å². The van der Waals surface area contributed by atoms with Crippen molar-refractivity contribution in [1.82, 2.24) is 4.48 Å². The minimum absolute atomic E-state index is 0.648. The molecule has 0 saturated carbocycles. The van der Waals surface area contributed by atoms with Crippen LogP contribution in [0.3, 0.4) is 0 Å². The van der Waals surface area contributed by atoms with Gasteiger partial charge in [-0.1, -0.05) is 24.3 Å². The van der Waals surface area contributed by atoms with E-state index >= 15 is 0 Å². The van der Waals surface area contributed by atoms with E-state index in [4.69, 9.17) is 0 Å². The maximum atomic E-state index is 11.1. The Balaban J connectivity index is 2.89. The predicted molar refractivity (Wildman–Crippen MR) is 68.9 cm³/mol. The highest BCUT2D eigenvalue weighted by Gasteiger charge is 2.20. The minimum Gasteiger partial charge on any atom is -0.298 e. The molecule has 2 aromatic carbocycles. The molecule has 0 aliphatic carbocycles. The number of carbonyl (C=O) groups excluding carboxylic acids is 1. The number of rotatable bonds is 2. The average molecular weight is 214 g/mol. The molecular formula is C14H16NO+. The highest BCUT2D eigenvalue weighted by atomic mass is 16.1. The van der Waals surface area contributed by atoms with Crippen molar-refractivity contribution in [2.24, 2.45) is 0 Å². The smallest absolute Gasteiger partial charge is 0.156 e. The summed E-state index contributed by atoms with van der Waals surface area (Å²) in [7, 11) is 6.23. The molecule has 0 atom stereocenters. The summed E-state index contributed by atoms with van der Waals surface area (Å²) in [6.45, 7) is 0. The summed E-state index contributed by atoms with van der Waals surface area (Å²) in [5.41, 5.74) is 1.85. The third kappa shape index (κ3) is 1.72. The Morgan fingerprint density at radius 1 is 1.00 bits per heavy atom. The van der Waals surface area contributed by atoms with Crippen LogP contribution in [0, 0.1) is 0 Å². The molecule has 16 heavy (non-hydrogen) atoms. The summed E-state index contributed by atoms with van der Waals surface area (Å²) in [5.74, 6) is 0. The fourth-order valence-electron chi connectivity index (χ4n) is 2.12. The molecule has 2 heteroatoms. The van der Waals surface area contributed by atoms with E-state index in [0.717, 1.165) is 22.9 Å². The summed E-state index contributed by atoms with van der Waals surface area (Å²) in [6, 6.07) is 12.1. The molecule has 0 fully saturated rings. The molecule has 0 spiro atoms. The SMILES string of the molecule is C[N+](C)(C)c1c(C=O)ccc2ccccc12. The second kappa shape index (κ2) is 3.72. The lowest BCUT2D eigenvalue weighted by Gasteiger charge is -2.26. The maximum Gasteiger partial charge on any atom is 0.156 e. The van der Waals surface area contributed by atoms with Gasteiger partial charge in [0.1, 0.15) is 0 Å². The van der Waals surface area contributed by atoms with Crippen molar-refractivity contribution in [1.29, 1.82) is 0 Å². The summed E-state index contributed by atoms with van der Waals surface area (Å²) >= 11 is 0. The highest BCUT2D eigenvalue weighted by Crippen LogP contribution is 2.31. The number of aldehydes is 1. The molecule has 2 rings (SSSR count). The number of fused-ring (bicyclic) bond motifs is 1. The normalized spacial score (nSPS) is 11.7. The molecule has 0 aliphatic heterocycles. The highest BCUT2D eigenvalue weighted by molar-refractivity contribution is 6.01. The van der Waals surface area contributed by atoms with Crippen LogP contribution in [-0.4, -0.2) is 27.4 Å². The zero-order chi connectivity index (χ0) is 11.8. The van der Waals surface area contributed by atoms with E-state index in [1.165, 1.54) is 5.39 Å². The van der Waals surface area contributed by atoms with Crippen LogP contribution in [0.15, 0.2) is 36.4 Å². The fourth-order valence-corrected chi connectivity index (χ4v) is 2.12. The van der Waals surface area contributed by atoms with Gasteiger partial charge in [0.2, 0.25) is 0 Å². The lowest BCUT2D eigenvalue weighted by molar-refractivity contribution is 0.112. The summed E-state index contributed by atoms with van der Waals surface area (Å²) < 4.78 is 0.648. The van der Waals surface area contributed by atoms with Crippen molar-refractivity contribution >= 4 is 22.7 Å². The first kappa shape index (κ1) is 10.8. The monoisotopic (exact) mass is 214 g/mol. The minimum atomic E-state index is 0.648. The molecule has 2 aromatic rings. The molecule has 0 amide bonds. The first-order valence-electron chi connectivity index (χ1n) is 5.33. The number of nitrogens with zero attached hydrogens (tertiary/aromatic N) is 1. The van der Waals surface area contributed by atoms with Crippen LogP contribution >= 0.6 is 0 Å². The van der Waals surface area contributed by atoms with Crippen LogP contribution in [0.5, 0.6) is 0 Å². The number of benzene rings is 2. The molecule has 0 heterocycles. The Morgan fingerprint density at radius 2 is 1.69 bits per heavy atom. The van der Waals surface area contributed by atoms with E-state index in [9.17, 15) is 4.79 Å². The molecule has 0 aromatic heterocycles. The second-order valence-corrected chi connectivity index (χ2v) is 4.85. The van der Waals surface area contributed by atoms with E-state index < -0.39 is 0 Å². The Kier molecular flexibility index (Phi) is 2.52. The van der Waals surface area contributed by atoms with Gasteiger partial charge < -0.3 is 0 Å². The van der Waals surface area contributed by atoms with Crippen molar-refractivity contribution in [2.75, 3.05) is 21.1 Å². The van der Waals surface area contributed by atoms with E-state index in [-0.39, 0.29) is 0 Å². The molecular weight excluding hydrogens is 198 g/mol. The molecule has 82 valence electrons. The lowest BCUT2D eigenvalue weighted by Crippen LogP contribution is -2.36. The van der Waals surface area contributed by atoms with Gasteiger partial charge in [0.25, 0.3) is 0 Å². The largest absolute Gasteiger partial charge is 0.298 e. The zero-order valence-corrected chi connectivity index (χ0v) is 9.90. The van der Waals surface area contributed by atoms with Gasteiger partial charge in [-0.3, -0.25) is 9.28 Å². The van der Waals surface area contributed by atoms with Crippen LogP contribution in [0.1, 0.15) is 10.4 Å². The van der Waals surface area contributed by atoms with Crippen molar-refractivity contribution in [3.05, 3.63) is 42.0 Å². The Hall–Kier alpha value is -1.67. The molecule has 0 radical (unpaired) electrons. The van der Waals surface area contributed by atoms with Crippen LogP contribution in [0.4, 0.5) is 5.69 Å². The third-order valence-electron chi connectivity index (χ3n) is 2.73. The van der Waals surface area contributed by atoms with E-state index in [0.29, 0.717) is 4.48 Å². The Bertz CT molecular complexity index is 538. The van der Waals surface area contributed by atoms with Gasteiger partial charge >= 0.3 is 0 Å². The van der Waals surface area contributed by atoms with Gasteiger partial charge in [-0.15, -0.1) is 0 Å². The van der Waals surface area contributed by atoms with Crippen molar-refractivity contribution in [3.8, 4) is 0 Å². The lowest BCUT2D eigenvalue weighted by atomic mass is 10.0. The van der Waals surface area contributed by atoms with E-state index in [1.807, 2.05) is 24.3 Å². The summed E-state index contributed by atoms with van der Waals surface area (Å²) in [4.78, 5) is 11.1. The van der Waals surface area contributed by atoms with Gasteiger partial charge in [0.05, 0.1) is 26.7 Å².